The lowest BCUT2D eigenvalue weighted by atomic mass is 9.95. The van der Waals surface area contributed by atoms with E-state index < -0.39 is 12.1 Å². The Labute approximate surface area is 159 Å². The van der Waals surface area contributed by atoms with Gasteiger partial charge in [0, 0.05) is 26.2 Å². The summed E-state index contributed by atoms with van der Waals surface area (Å²) in [5.74, 6) is -0.396. The van der Waals surface area contributed by atoms with E-state index in [4.69, 9.17) is 11.5 Å². The number of benzene rings is 1. The van der Waals surface area contributed by atoms with Crippen molar-refractivity contribution in [1.29, 1.82) is 0 Å². The first-order valence-electron chi connectivity index (χ1n) is 9.29. The number of nitrogens with zero attached hydrogens (tertiary/aromatic N) is 1. The Hall–Kier alpha value is -2.61. The van der Waals surface area contributed by atoms with Crippen LogP contribution in [0.2, 0.25) is 0 Å². The fourth-order valence-corrected chi connectivity index (χ4v) is 3.45. The first-order chi connectivity index (χ1) is 12.9. The molecule has 0 saturated carbocycles. The van der Waals surface area contributed by atoms with Crippen LogP contribution in [0.1, 0.15) is 36.4 Å². The number of amides is 4. The SMILES string of the molecule is Cc1ccccc1C(CC(=O)N1CCCC(C(=O)NCCN)C1)NC(N)=O. The van der Waals surface area contributed by atoms with Crippen LogP contribution in [-0.4, -0.2) is 48.9 Å². The minimum Gasteiger partial charge on any atom is -0.355 e. The first-order valence-corrected chi connectivity index (χ1v) is 9.29. The van der Waals surface area contributed by atoms with Crippen molar-refractivity contribution in [2.45, 2.75) is 32.2 Å². The normalized spacial score (nSPS) is 17.9. The Bertz CT molecular complexity index is 679. The molecule has 0 spiro atoms. The molecule has 8 heteroatoms. The molecule has 8 nitrogen and oxygen atoms in total. The molecule has 2 atom stereocenters. The van der Waals surface area contributed by atoms with E-state index in [1.54, 1.807) is 4.90 Å². The molecule has 148 valence electrons. The van der Waals surface area contributed by atoms with Crippen LogP contribution in [0.25, 0.3) is 0 Å². The number of carbonyl (C=O) groups excluding carboxylic acids is 3. The maximum Gasteiger partial charge on any atom is 0.312 e. The van der Waals surface area contributed by atoms with Gasteiger partial charge in [-0.1, -0.05) is 24.3 Å². The molecule has 1 fully saturated rings. The summed E-state index contributed by atoms with van der Waals surface area (Å²) in [7, 11) is 0. The molecule has 2 unspecified atom stereocenters. The summed E-state index contributed by atoms with van der Waals surface area (Å²) >= 11 is 0. The van der Waals surface area contributed by atoms with E-state index in [-0.39, 0.29) is 24.2 Å². The Morgan fingerprint density at radius 1 is 1.30 bits per heavy atom. The molecule has 1 aromatic rings. The predicted octanol–water partition coefficient (Wildman–Crippen LogP) is 0.408. The number of urea groups is 1. The highest BCUT2D eigenvalue weighted by Crippen LogP contribution is 2.24. The van der Waals surface area contributed by atoms with E-state index in [1.165, 1.54) is 0 Å². The summed E-state index contributed by atoms with van der Waals surface area (Å²) in [6.45, 7) is 3.73. The molecule has 2 rings (SSSR count). The number of nitrogens with one attached hydrogen (secondary N) is 2. The molecule has 4 amide bonds. The zero-order chi connectivity index (χ0) is 19.8. The molecule has 1 saturated heterocycles. The highest BCUT2D eigenvalue weighted by atomic mass is 16.2. The van der Waals surface area contributed by atoms with Crippen LogP contribution < -0.4 is 22.1 Å². The molecule has 1 aromatic carbocycles. The Morgan fingerprint density at radius 2 is 2.04 bits per heavy atom. The van der Waals surface area contributed by atoms with Crippen molar-refractivity contribution in [3.8, 4) is 0 Å². The highest BCUT2D eigenvalue weighted by Gasteiger charge is 2.30. The molecule has 0 aliphatic carbocycles. The fourth-order valence-electron chi connectivity index (χ4n) is 3.45. The average molecular weight is 375 g/mol. The van der Waals surface area contributed by atoms with Gasteiger partial charge in [0.25, 0.3) is 0 Å². The quantitative estimate of drug-likeness (QED) is 0.550. The molecule has 1 aliphatic heterocycles. The third-order valence-corrected chi connectivity index (χ3v) is 4.85. The number of likely N-dealkylation sites (tertiary alicyclic amines) is 1. The summed E-state index contributed by atoms with van der Waals surface area (Å²) in [5.41, 5.74) is 12.6. The van der Waals surface area contributed by atoms with E-state index in [1.807, 2.05) is 31.2 Å². The Kier molecular flexibility index (Phi) is 7.60. The zero-order valence-corrected chi connectivity index (χ0v) is 15.7. The number of hydrogen-bond donors (Lipinski definition) is 4. The van der Waals surface area contributed by atoms with Crippen LogP contribution in [0.5, 0.6) is 0 Å². The minimum absolute atomic E-state index is 0.0661. The molecular formula is C19H29N5O3. The van der Waals surface area contributed by atoms with Gasteiger partial charge in [-0.2, -0.15) is 0 Å². The molecule has 0 aromatic heterocycles. The number of piperidine rings is 1. The summed E-state index contributed by atoms with van der Waals surface area (Å²) in [5, 5.41) is 5.45. The van der Waals surface area contributed by atoms with Gasteiger partial charge >= 0.3 is 6.03 Å². The lowest BCUT2D eigenvalue weighted by molar-refractivity contribution is -0.136. The second kappa shape index (κ2) is 9.91. The van der Waals surface area contributed by atoms with Gasteiger partial charge in [-0.15, -0.1) is 0 Å². The van der Waals surface area contributed by atoms with Gasteiger partial charge < -0.3 is 27.0 Å². The predicted molar refractivity (Wildman–Crippen MR) is 103 cm³/mol. The molecule has 0 bridgehead atoms. The van der Waals surface area contributed by atoms with Crippen LogP contribution in [0.15, 0.2) is 24.3 Å². The maximum absolute atomic E-state index is 12.8. The van der Waals surface area contributed by atoms with Gasteiger partial charge in [-0.25, -0.2) is 4.79 Å². The van der Waals surface area contributed by atoms with E-state index in [0.29, 0.717) is 26.2 Å². The molecule has 27 heavy (non-hydrogen) atoms. The molecular weight excluding hydrogens is 346 g/mol. The second-order valence-electron chi connectivity index (χ2n) is 6.88. The number of nitrogens with two attached hydrogens (primary N) is 2. The first kappa shape index (κ1) is 20.7. The smallest absolute Gasteiger partial charge is 0.312 e. The van der Waals surface area contributed by atoms with Crippen molar-refractivity contribution in [2.75, 3.05) is 26.2 Å². The second-order valence-corrected chi connectivity index (χ2v) is 6.88. The zero-order valence-electron chi connectivity index (χ0n) is 15.7. The summed E-state index contributed by atoms with van der Waals surface area (Å²) < 4.78 is 0. The lowest BCUT2D eigenvalue weighted by Crippen LogP contribution is -2.47. The van der Waals surface area contributed by atoms with Crippen LogP contribution >= 0.6 is 0 Å². The van der Waals surface area contributed by atoms with Gasteiger partial charge in [0.2, 0.25) is 11.8 Å². The number of primary amides is 1. The Balaban J connectivity index is 2.04. The Morgan fingerprint density at radius 3 is 2.70 bits per heavy atom. The third-order valence-electron chi connectivity index (χ3n) is 4.85. The molecule has 6 N–H and O–H groups in total. The molecule has 1 aliphatic rings. The van der Waals surface area contributed by atoms with Crippen molar-refractivity contribution in [3.63, 3.8) is 0 Å². The highest BCUT2D eigenvalue weighted by molar-refractivity contribution is 5.82. The van der Waals surface area contributed by atoms with Crippen LogP contribution in [0, 0.1) is 12.8 Å². The van der Waals surface area contributed by atoms with E-state index in [0.717, 1.165) is 24.0 Å². The minimum atomic E-state index is -0.672. The van der Waals surface area contributed by atoms with Gasteiger partial charge in [-0.05, 0) is 30.9 Å². The third kappa shape index (κ3) is 5.96. The largest absolute Gasteiger partial charge is 0.355 e. The van der Waals surface area contributed by atoms with Crippen LogP contribution in [-0.2, 0) is 9.59 Å². The van der Waals surface area contributed by atoms with Gasteiger partial charge in [0.05, 0.1) is 18.4 Å². The van der Waals surface area contributed by atoms with Gasteiger partial charge in [0.1, 0.15) is 0 Å². The lowest BCUT2D eigenvalue weighted by Gasteiger charge is -2.33. The monoisotopic (exact) mass is 375 g/mol. The number of hydrogen-bond acceptors (Lipinski definition) is 4. The number of carbonyl (C=O) groups is 3. The molecule has 0 radical (unpaired) electrons. The van der Waals surface area contributed by atoms with Crippen molar-refractivity contribution < 1.29 is 14.4 Å². The topological polar surface area (TPSA) is 131 Å². The van der Waals surface area contributed by atoms with Crippen LogP contribution in [0.3, 0.4) is 0 Å². The van der Waals surface area contributed by atoms with Gasteiger partial charge in [-0.3, -0.25) is 9.59 Å². The van der Waals surface area contributed by atoms with Crippen LogP contribution in [0.4, 0.5) is 4.79 Å². The standard InChI is InChI=1S/C19H29N5O3/c1-13-5-2-3-7-15(13)16(23-19(21)27)11-17(25)24-10-4-6-14(12-24)18(26)22-9-8-20/h2-3,5,7,14,16H,4,6,8-12,20H2,1H3,(H,22,26)(H3,21,23,27). The van der Waals surface area contributed by atoms with E-state index in [9.17, 15) is 14.4 Å². The van der Waals surface area contributed by atoms with Crippen molar-refractivity contribution in [3.05, 3.63) is 35.4 Å². The number of rotatable bonds is 7. The van der Waals surface area contributed by atoms with E-state index >= 15 is 0 Å². The van der Waals surface area contributed by atoms with E-state index in [2.05, 4.69) is 10.6 Å². The van der Waals surface area contributed by atoms with Gasteiger partial charge in [0.15, 0.2) is 0 Å². The summed E-state index contributed by atoms with van der Waals surface area (Å²) in [6.07, 6.45) is 1.62. The maximum atomic E-state index is 12.8. The summed E-state index contributed by atoms with van der Waals surface area (Å²) in [4.78, 5) is 38.1. The fraction of sp³-hybridized carbons (Fsp3) is 0.526. The number of aryl methyl sites for hydroxylation is 1. The van der Waals surface area contributed by atoms with Crippen molar-refractivity contribution >= 4 is 17.8 Å². The summed E-state index contributed by atoms with van der Waals surface area (Å²) in [6, 6.07) is 6.39. The molecule has 1 heterocycles. The average Bonchev–Trinajstić information content (AvgIpc) is 2.65. The van der Waals surface area contributed by atoms with Crippen molar-refractivity contribution in [1.82, 2.24) is 15.5 Å². The van der Waals surface area contributed by atoms with Crippen molar-refractivity contribution in [2.24, 2.45) is 17.4 Å².